The fraction of sp³-hybridized carbons (Fsp3) is 0.429. The van der Waals surface area contributed by atoms with Gasteiger partial charge in [-0.15, -0.1) is 0 Å². The minimum Gasteiger partial charge on any atom is -0.490 e. The predicted octanol–water partition coefficient (Wildman–Crippen LogP) is 5.82. The molecule has 2 nitrogen and oxygen atoms in total. The Kier molecular flexibility index (Phi) is 6.04. The fourth-order valence-electron chi connectivity index (χ4n) is 3.13. The molecule has 0 fully saturated rings. The van der Waals surface area contributed by atoms with Crippen molar-refractivity contribution in [2.24, 2.45) is 0 Å². The monoisotopic (exact) mass is 348 g/mol. The van der Waals surface area contributed by atoms with Gasteiger partial charge < -0.3 is 9.47 Å². The number of hydrogen-bond donors (Lipinski definition) is 0. The highest BCUT2D eigenvalue weighted by atomic mass is 19.1. The normalized spacial score (nSPS) is 13.4. The first-order valence-electron chi connectivity index (χ1n) is 8.54. The minimum absolute atomic E-state index is 0.0982. The maximum atomic E-state index is 13.4. The van der Waals surface area contributed by atoms with Crippen LogP contribution in [-0.4, -0.2) is 12.2 Å². The van der Waals surface area contributed by atoms with Gasteiger partial charge in [0.2, 0.25) is 0 Å². The van der Waals surface area contributed by atoms with E-state index in [1.807, 2.05) is 41.5 Å². The van der Waals surface area contributed by atoms with Gasteiger partial charge in [0, 0.05) is 6.42 Å². The standard InChI is InChI=1S/C21H26F2O2/c1-12-7-18(22)8-13(2)20(12)24-16(5)11-17(6)25-21-14(3)9-19(23)10-15(21)4/h7-10,16-17H,11H2,1-6H3. The number of halogens is 2. The minimum atomic E-state index is -0.256. The van der Waals surface area contributed by atoms with Gasteiger partial charge in [0.1, 0.15) is 23.1 Å². The lowest BCUT2D eigenvalue weighted by atomic mass is 10.1. The van der Waals surface area contributed by atoms with Gasteiger partial charge in [-0.1, -0.05) is 0 Å². The van der Waals surface area contributed by atoms with Gasteiger partial charge >= 0.3 is 0 Å². The molecule has 0 saturated carbocycles. The van der Waals surface area contributed by atoms with E-state index in [2.05, 4.69) is 0 Å². The summed E-state index contributed by atoms with van der Waals surface area (Å²) in [7, 11) is 0. The van der Waals surface area contributed by atoms with Gasteiger partial charge in [0.15, 0.2) is 0 Å². The zero-order chi connectivity index (χ0) is 18.7. The van der Waals surface area contributed by atoms with E-state index in [-0.39, 0.29) is 23.8 Å². The summed E-state index contributed by atoms with van der Waals surface area (Å²) in [5.74, 6) is 0.924. The lowest BCUT2D eigenvalue weighted by Gasteiger charge is -2.23. The number of rotatable bonds is 6. The molecule has 136 valence electrons. The average Bonchev–Trinajstić information content (AvgIpc) is 2.46. The van der Waals surface area contributed by atoms with Crippen molar-refractivity contribution >= 4 is 0 Å². The van der Waals surface area contributed by atoms with E-state index in [0.29, 0.717) is 6.42 Å². The molecule has 0 aliphatic carbocycles. The lowest BCUT2D eigenvalue weighted by Crippen LogP contribution is -2.24. The first-order chi connectivity index (χ1) is 11.7. The molecular weight excluding hydrogens is 322 g/mol. The van der Waals surface area contributed by atoms with Crippen LogP contribution in [0.2, 0.25) is 0 Å². The number of hydrogen-bond acceptors (Lipinski definition) is 2. The van der Waals surface area contributed by atoms with Crippen LogP contribution >= 0.6 is 0 Å². The number of benzene rings is 2. The first kappa shape index (κ1) is 19.2. The molecular formula is C21H26F2O2. The Morgan fingerprint density at radius 1 is 0.680 bits per heavy atom. The van der Waals surface area contributed by atoms with E-state index in [4.69, 9.17) is 9.47 Å². The van der Waals surface area contributed by atoms with Gasteiger partial charge in [0.25, 0.3) is 0 Å². The average molecular weight is 348 g/mol. The highest BCUT2D eigenvalue weighted by Gasteiger charge is 2.16. The summed E-state index contributed by atoms with van der Waals surface area (Å²) in [4.78, 5) is 0. The van der Waals surface area contributed by atoms with Crippen LogP contribution in [0.15, 0.2) is 24.3 Å². The van der Waals surface area contributed by atoms with Crippen molar-refractivity contribution in [3.8, 4) is 11.5 Å². The van der Waals surface area contributed by atoms with Crippen molar-refractivity contribution in [1.29, 1.82) is 0 Å². The molecule has 0 heterocycles. The van der Waals surface area contributed by atoms with Crippen LogP contribution in [0.3, 0.4) is 0 Å². The van der Waals surface area contributed by atoms with Gasteiger partial charge in [-0.25, -0.2) is 8.78 Å². The lowest BCUT2D eigenvalue weighted by molar-refractivity contribution is 0.128. The smallest absolute Gasteiger partial charge is 0.125 e. The third-order valence-corrected chi connectivity index (χ3v) is 4.15. The van der Waals surface area contributed by atoms with Crippen molar-refractivity contribution in [3.05, 3.63) is 58.2 Å². The van der Waals surface area contributed by atoms with Crippen molar-refractivity contribution < 1.29 is 18.3 Å². The van der Waals surface area contributed by atoms with E-state index >= 15 is 0 Å². The molecule has 2 unspecified atom stereocenters. The van der Waals surface area contributed by atoms with Crippen LogP contribution in [0.4, 0.5) is 8.78 Å². The molecule has 0 aliphatic rings. The van der Waals surface area contributed by atoms with Crippen LogP contribution in [0.1, 0.15) is 42.5 Å². The van der Waals surface area contributed by atoms with Gasteiger partial charge in [-0.05, 0) is 88.1 Å². The van der Waals surface area contributed by atoms with Crippen molar-refractivity contribution in [3.63, 3.8) is 0 Å². The van der Waals surface area contributed by atoms with E-state index in [9.17, 15) is 8.78 Å². The first-order valence-corrected chi connectivity index (χ1v) is 8.54. The largest absolute Gasteiger partial charge is 0.490 e. The van der Waals surface area contributed by atoms with E-state index in [1.165, 1.54) is 24.3 Å². The molecule has 0 saturated heterocycles. The fourth-order valence-corrected chi connectivity index (χ4v) is 3.13. The second-order valence-corrected chi connectivity index (χ2v) is 6.83. The maximum Gasteiger partial charge on any atom is 0.125 e. The molecule has 4 heteroatoms. The SMILES string of the molecule is Cc1cc(F)cc(C)c1OC(C)CC(C)Oc1c(C)cc(F)cc1C. The third kappa shape index (κ3) is 4.94. The summed E-state index contributed by atoms with van der Waals surface area (Å²) in [6, 6.07) is 5.89. The molecule has 2 rings (SSSR count). The molecule has 0 spiro atoms. The highest BCUT2D eigenvalue weighted by molar-refractivity contribution is 5.41. The van der Waals surface area contributed by atoms with Gasteiger partial charge in [-0.2, -0.15) is 0 Å². The number of ether oxygens (including phenoxy) is 2. The highest BCUT2D eigenvalue weighted by Crippen LogP contribution is 2.28. The Labute approximate surface area is 148 Å². The summed E-state index contributed by atoms with van der Waals surface area (Å²) in [5, 5.41) is 0. The van der Waals surface area contributed by atoms with Gasteiger partial charge in [0.05, 0.1) is 12.2 Å². The summed E-state index contributed by atoms with van der Waals surface area (Å²) < 4.78 is 38.8. The molecule has 0 aromatic heterocycles. The summed E-state index contributed by atoms with van der Waals surface area (Å²) in [5.41, 5.74) is 3.12. The topological polar surface area (TPSA) is 18.5 Å². The molecule has 2 aromatic carbocycles. The van der Waals surface area contributed by atoms with Crippen LogP contribution < -0.4 is 9.47 Å². The van der Waals surface area contributed by atoms with E-state index in [1.54, 1.807) is 0 Å². The van der Waals surface area contributed by atoms with E-state index in [0.717, 1.165) is 33.8 Å². The quantitative estimate of drug-likeness (QED) is 0.654. The van der Waals surface area contributed by atoms with Crippen LogP contribution in [0.5, 0.6) is 11.5 Å². The summed E-state index contributed by atoms with van der Waals surface area (Å²) >= 11 is 0. The molecule has 0 aliphatic heterocycles. The Hall–Kier alpha value is -2.10. The van der Waals surface area contributed by atoms with Crippen molar-refractivity contribution in [2.45, 2.75) is 60.2 Å². The van der Waals surface area contributed by atoms with Crippen LogP contribution in [0, 0.1) is 39.3 Å². The Balaban J connectivity index is 2.03. The molecule has 0 bridgehead atoms. The van der Waals surface area contributed by atoms with Crippen molar-refractivity contribution in [1.82, 2.24) is 0 Å². The van der Waals surface area contributed by atoms with E-state index < -0.39 is 0 Å². The van der Waals surface area contributed by atoms with Crippen molar-refractivity contribution in [2.75, 3.05) is 0 Å². The Bertz CT molecular complexity index is 646. The number of aryl methyl sites for hydroxylation is 4. The molecule has 0 N–H and O–H groups in total. The zero-order valence-corrected chi connectivity index (χ0v) is 15.7. The molecule has 2 atom stereocenters. The second kappa shape index (κ2) is 7.85. The predicted molar refractivity (Wildman–Crippen MR) is 96.5 cm³/mol. The molecule has 25 heavy (non-hydrogen) atoms. The molecule has 0 amide bonds. The van der Waals surface area contributed by atoms with Crippen LogP contribution in [-0.2, 0) is 0 Å². The summed E-state index contributed by atoms with van der Waals surface area (Å²) in [6.45, 7) is 11.3. The van der Waals surface area contributed by atoms with Gasteiger partial charge in [-0.3, -0.25) is 0 Å². The molecule has 2 aromatic rings. The third-order valence-electron chi connectivity index (χ3n) is 4.15. The second-order valence-electron chi connectivity index (χ2n) is 6.83. The zero-order valence-electron chi connectivity index (χ0n) is 15.7. The Morgan fingerprint density at radius 2 is 0.960 bits per heavy atom. The summed E-state index contributed by atoms with van der Waals surface area (Å²) in [6.07, 6.45) is 0.463. The Morgan fingerprint density at radius 3 is 1.24 bits per heavy atom. The van der Waals surface area contributed by atoms with Crippen LogP contribution in [0.25, 0.3) is 0 Å². The molecule has 0 radical (unpaired) electrons. The maximum absolute atomic E-state index is 13.4.